The van der Waals surface area contributed by atoms with E-state index in [0.29, 0.717) is 22.6 Å². The number of fused-ring (bicyclic) bond motifs is 1. The van der Waals surface area contributed by atoms with Crippen LogP contribution in [0.4, 0.5) is 13.2 Å². The standard InChI is InChI=1S/C19H22ClF3O3/c1-6-11-14(18(3,4)5)13(20)9-10-8-12(17(24)25-7-2)16(19(21,22)23)26-15(10)11/h8-9,16H,6-7H2,1-5H3. The summed E-state index contributed by atoms with van der Waals surface area (Å²) in [6.07, 6.45) is -5.49. The lowest BCUT2D eigenvalue weighted by molar-refractivity contribution is -0.188. The Kier molecular flexibility index (Phi) is 5.66. The van der Waals surface area contributed by atoms with Crippen molar-refractivity contribution in [2.24, 2.45) is 0 Å². The molecule has 26 heavy (non-hydrogen) atoms. The Hall–Kier alpha value is -1.69. The van der Waals surface area contributed by atoms with Crippen LogP contribution in [0.25, 0.3) is 6.08 Å². The normalized spacial score (nSPS) is 17.3. The van der Waals surface area contributed by atoms with E-state index in [2.05, 4.69) is 0 Å². The van der Waals surface area contributed by atoms with Crippen molar-refractivity contribution >= 4 is 23.6 Å². The summed E-state index contributed by atoms with van der Waals surface area (Å²) >= 11 is 6.42. The molecule has 0 saturated carbocycles. The quantitative estimate of drug-likeness (QED) is 0.642. The van der Waals surface area contributed by atoms with E-state index in [1.165, 1.54) is 13.0 Å². The number of esters is 1. The third-order valence-corrected chi connectivity index (χ3v) is 4.40. The summed E-state index contributed by atoms with van der Waals surface area (Å²) in [5.41, 5.74) is 0.763. The second kappa shape index (κ2) is 7.14. The van der Waals surface area contributed by atoms with Gasteiger partial charge in [0, 0.05) is 10.6 Å². The Morgan fingerprint density at radius 1 is 1.27 bits per heavy atom. The molecule has 1 heterocycles. The molecular formula is C19H22ClF3O3. The molecule has 0 bridgehead atoms. The van der Waals surface area contributed by atoms with Gasteiger partial charge in [-0.05, 0) is 42.0 Å². The van der Waals surface area contributed by atoms with Crippen LogP contribution in [-0.2, 0) is 21.4 Å². The number of ether oxygens (including phenoxy) is 2. The van der Waals surface area contributed by atoms with Crippen molar-refractivity contribution in [3.8, 4) is 5.75 Å². The molecule has 0 radical (unpaired) electrons. The van der Waals surface area contributed by atoms with Gasteiger partial charge in [-0.1, -0.05) is 39.3 Å². The van der Waals surface area contributed by atoms with Gasteiger partial charge in [-0.25, -0.2) is 4.79 Å². The molecule has 2 rings (SSSR count). The topological polar surface area (TPSA) is 35.5 Å². The summed E-state index contributed by atoms with van der Waals surface area (Å²) in [5, 5.41) is 0.432. The fourth-order valence-electron chi connectivity index (χ4n) is 3.15. The van der Waals surface area contributed by atoms with Crippen molar-refractivity contribution in [3.05, 3.63) is 33.4 Å². The van der Waals surface area contributed by atoms with E-state index in [0.717, 1.165) is 5.56 Å². The molecule has 0 saturated heterocycles. The maximum atomic E-state index is 13.5. The van der Waals surface area contributed by atoms with E-state index in [1.807, 2.05) is 27.7 Å². The Bertz CT molecular complexity index is 746. The number of halogens is 4. The predicted octanol–water partition coefficient (Wildman–Crippen LogP) is 5.47. The van der Waals surface area contributed by atoms with Gasteiger partial charge in [-0.2, -0.15) is 13.2 Å². The maximum absolute atomic E-state index is 13.5. The number of carbonyl (C=O) groups excluding carboxylic acids is 1. The molecular weight excluding hydrogens is 369 g/mol. The lowest BCUT2D eigenvalue weighted by atomic mass is 9.81. The fraction of sp³-hybridized carbons (Fsp3) is 0.526. The number of rotatable bonds is 3. The minimum atomic E-state index is -4.75. The second-order valence-electron chi connectivity index (χ2n) is 7.09. The van der Waals surface area contributed by atoms with Crippen molar-refractivity contribution in [1.29, 1.82) is 0 Å². The Balaban J connectivity index is 2.73. The molecule has 0 fully saturated rings. The number of alkyl halides is 3. The van der Waals surface area contributed by atoms with E-state index in [9.17, 15) is 18.0 Å². The second-order valence-corrected chi connectivity index (χ2v) is 7.50. The molecule has 0 aromatic heterocycles. The largest absolute Gasteiger partial charge is 0.475 e. The molecule has 1 unspecified atom stereocenters. The zero-order chi connectivity index (χ0) is 19.9. The molecule has 1 aliphatic heterocycles. The average Bonchev–Trinajstić information content (AvgIpc) is 2.50. The first kappa shape index (κ1) is 20.6. The van der Waals surface area contributed by atoms with Crippen molar-refractivity contribution in [2.45, 2.75) is 58.7 Å². The molecule has 0 spiro atoms. The van der Waals surface area contributed by atoms with Gasteiger partial charge in [0.1, 0.15) is 5.75 Å². The van der Waals surface area contributed by atoms with Gasteiger partial charge in [0.05, 0.1) is 12.2 Å². The Morgan fingerprint density at radius 3 is 2.35 bits per heavy atom. The van der Waals surface area contributed by atoms with Crippen LogP contribution in [0, 0.1) is 0 Å². The van der Waals surface area contributed by atoms with E-state index < -0.39 is 23.8 Å². The molecule has 3 nitrogen and oxygen atoms in total. The summed E-state index contributed by atoms with van der Waals surface area (Å²) in [6, 6.07) is 1.54. The first-order chi connectivity index (χ1) is 11.9. The average molecular weight is 391 g/mol. The van der Waals surface area contributed by atoms with Gasteiger partial charge < -0.3 is 9.47 Å². The van der Waals surface area contributed by atoms with Gasteiger partial charge in [0.25, 0.3) is 0 Å². The minimum absolute atomic E-state index is 0.0302. The van der Waals surface area contributed by atoms with Gasteiger partial charge in [-0.15, -0.1) is 0 Å². The lowest BCUT2D eigenvalue weighted by Gasteiger charge is -2.32. The highest BCUT2D eigenvalue weighted by Gasteiger charge is 2.49. The third-order valence-electron chi connectivity index (χ3n) is 4.10. The van der Waals surface area contributed by atoms with Crippen molar-refractivity contribution in [1.82, 2.24) is 0 Å². The van der Waals surface area contributed by atoms with Crippen molar-refractivity contribution < 1.29 is 27.4 Å². The fourth-order valence-corrected chi connectivity index (χ4v) is 3.66. The summed E-state index contributed by atoms with van der Waals surface area (Å²) in [7, 11) is 0. The van der Waals surface area contributed by atoms with Crippen LogP contribution in [0.3, 0.4) is 0 Å². The van der Waals surface area contributed by atoms with Gasteiger partial charge >= 0.3 is 12.1 Å². The van der Waals surface area contributed by atoms with Crippen LogP contribution < -0.4 is 4.74 Å². The third kappa shape index (κ3) is 3.85. The van der Waals surface area contributed by atoms with Crippen LogP contribution in [0.5, 0.6) is 5.75 Å². The SMILES string of the molecule is CCOC(=O)C1=Cc2cc(Cl)c(C(C)(C)C)c(CC)c2OC1C(F)(F)F. The van der Waals surface area contributed by atoms with Gasteiger partial charge in [-0.3, -0.25) is 0 Å². The Labute approximate surface area is 156 Å². The lowest BCUT2D eigenvalue weighted by Crippen LogP contribution is -2.41. The summed E-state index contributed by atoms with van der Waals surface area (Å²) in [6.45, 7) is 9.13. The van der Waals surface area contributed by atoms with Crippen molar-refractivity contribution in [2.75, 3.05) is 6.61 Å². The predicted molar refractivity (Wildman–Crippen MR) is 94.6 cm³/mol. The first-order valence-electron chi connectivity index (χ1n) is 8.39. The number of benzene rings is 1. The van der Waals surface area contributed by atoms with E-state index in [4.69, 9.17) is 21.1 Å². The summed E-state index contributed by atoms with van der Waals surface area (Å²) in [4.78, 5) is 12.0. The number of hydrogen-bond acceptors (Lipinski definition) is 3. The number of hydrogen-bond donors (Lipinski definition) is 0. The molecule has 1 aliphatic rings. The smallest absolute Gasteiger partial charge is 0.430 e. The molecule has 7 heteroatoms. The van der Waals surface area contributed by atoms with E-state index in [1.54, 1.807) is 6.07 Å². The van der Waals surface area contributed by atoms with Crippen molar-refractivity contribution in [3.63, 3.8) is 0 Å². The highest BCUT2D eigenvalue weighted by atomic mass is 35.5. The monoisotopic (exact) mass is 390 g/mol. The Morgan fingerprint density at radius 2 is 1.88 bits per heavy atom. The zero-order valence-corrected chi connectivity index (χ0v) is 16.1. The molecule has 0 N–H and O–H groups in total. The minimum Gasteiger partial charge on any atom is -0.475 e. The van der Waals surface area contributed by atoms with Crippen LogP contribution >= 0.6 is 11.6 Å². The molecule has 1 aromatic rings. The molecule has 1 atom stereocenters. The molecule has 1 aromatic carbocycles. The molecule has 0 aliphatic carbocycles. The van der Waals surface area contributed by atoms with Crippen LogP contribution in [0.15, 0.2) is 11.6 Å². The summed E-state index contributed by atoms with van der Waals surface area (Å²) < 4.78 is 50.7. The summed E-state index contributed by atoms with van der Waals surface area (Å²) in [5.74, 6) is -0.924. The molecule has 144 valence electrons. The highest BCUT2D eigenvalue weighted by Crippen LogP contribution is 2.45. The van der Waals surface area contributed by atoms with Gasteiger partial charge in [0.15, 0.2) is 0 Å². The van der Waals surface area contributed by atoms with E-state index >= 15 is 0 Å². The first-order valence-corrected chi connectivity index (χ1v) is 8.77. The van der Waals surface area contributed by atoms with Crippen LogP contribution in [0.1, 0.15) is 51.3 Å². The van der Waals surface area contributed by atoms with Crippen LogP contribution in [-0.4, -0.2) is 24.9 Å². The van der Waals surface area contributed by atoms with Crippen LogP contribution in [0.2, 0.25) is 5.02 Å². The van der Waals surface area contributed by atoms with E-state index in [-0.39, 0.29) is 17.8 Å². The maximum Gasteiger partial charge on any atom is 0.430 e. The van der Waals surface area contributed by atoms with Gasteiger partial charge in [0.2, 0.25) is 6.10 Å². The zero-order valence-electron chi connectivity index (χ0n) is 15.4. The highest BCUT2D eigenvalue weighted by molar-refractivity contribution is 6.32. The molecule has 0 amide bonds. The number of carbonyl (C=O) groups is 1.